The normalized spacial score (nSPS) is 19.0. The molecule has 172 valence electrons. The summed E-state index contributed by atoms with van der Waals surface area (Å²) in [7, 11) is -3.54. The Labute approximate surface area is 190 Å². The molecule has 0 spiro atoms. The van der Waals surface area contributed by atoms with Crippen LogP contribution in [0.1, 0.15) is 24.3 Å². The molecule has 2 amide bonds. The summed E-state index contributed by atoms with van der Waals surface area (Å²) >= 11 is 1.53. The van der Waals surface area contributed by atoms with E-state index in [2.05, 4.69) is 9.88 Å². The van der Waals surface area contributed by atoms with Gasteiger partial charge in [0.15, 0.2) is 0 Å². The number of hydrogen-bond acceptors (Lipinski definition) is 7. The fourth-order valence-corrected chi connectivity index (χ4v) is 6.11. The maximum absolute atomic E-state index is 13.1. The summed E-state index contributed by atoms with van der Waals surface area (Å²) < 4.78 is 40.0. The third kappa shape index (κ3) is 5.40. The van der Waals surface area contributed by atoms with Crippen LogP contribution >= 0.6 is 11.3 Å². The SMILES string of the molecule is O=C1CCCC(=O)N1CCS(=O)(=O)N1CCN(Cc2nc(-c3ccc(F)cc3)cs2)CC1. The third-order valence-corrected chi connectivity index (χ3v) is 8.42. The fourth-order valence-electron chi connectivity index (χ4n) is 3.88. The van der Waals surface area contributed by atoms with Gasteiger partial charge in [0.05, 0.1) is 18.0 Å². The summed E-state index contributed by atoms with van der Waals surface area (Å²) in [5.41, 5.74) is 1.66. The van der Waals surface area contributed by atoms with Crippen LogP contribution < -0.4 is 0 Å². The number of imide groups is 1. The molecule has 0 N–H and O–H groups in total. The largest absolute Gasteiger partial charge is 0.294 e. The molecule has 0 aliphatic carbocycles. The minimum atomic E-state index is -3.54. The lowest BCUT2D eigenvalue weighted by Gasteiger charge is -2.34. The highest BCUT2D eigenvalue weighted by atomic mass is 32.2. The number of rotatable bonds is 7. The molecule has 8 nitrogen and oxygen atoms in total. The third-order valence-electron chi connectivity index (χ3n) is 5.73. The lowest BCUT2D eigenvalue weighted by molar-refractivity contribution is -0.147. The zero-order chi connectivity index (χ0) is 22.7. The minimum Gasteiger partial charge on any atom is -0.294 e. The number of hydrogen-bond donors (Lipinski definition) is 0. The lowest BCUT2D eigenvalue weighted by Crippen LogP contribution is -2.50. The Kier molecular flexibility index (Phi) is 6.99. The Morgan fingerprint density at radius 3 is 2.31 bits per heavy atom. The van der Waals surface area contributed by atoms with E-state index in [1.165, 1.54) is 27.8 Å². The molecule has 0 radical (unpaired) electrons. The predicted octanol–water partition coefficient (Wildman–Crippen LogP) is 1.94. The van der Waals surface area contributed by atoms with Crippen LogP contribution in [0.15, 0.2) is 29.6 Å². The number of aromatic nitrogens is 1. The van der Waals surface area contributed by atoms with Gasteiger partial charge in [-0.1, -0.05) is 0 Å². The summed E-state index contributed by atoms with van der Waals surface area (Å²) in [5, 5.41) is 2.86. The summed E-state index contributed by atoms with van der Waals surface area (Å²) in [6.45, 7) is 2.42. The van der Waals surface area contributed by atoms with E-state index in [-0.39, 0.29) is 29.9 Å². The molecule has 0 unspecified atom stereocenters. The van der Waals surface area contributed by atoms with Crippen LogP contribution in [0.5, 0.6) is 0 Å². The molecule has 2 saturated heterocycles. The second kappa shape index (κ2) is 9.74. The maximum atomic E-state index is 13.1. The van der Waals surface area contributed by atoms with Gasteiger partial charge in [-0.05, 0) is 30.7 Å². The summed E-state index contributed by atoms with van der Waals surface area (Å²) in [5.74, 6) is -1.10. The lowest BCUT2D eigenvalue weighted by atomic mass is 10.1. The first-order valence-corrected chi connectivity index (χ1v) is 13.0. The van der Waals surface area contributed by atoms with Gasteiger partial charge in [0, 0.05) is 56.5 Å². The van der Waals surface area contributed by atoms with E-state index in [9.17, 15) is 22.4 Å². The monoisotopic (exact) mass is 480 g/mol. The van der Waals surface area contributed by atoms with E-state index in [1.807, 2.05) is 5.38 Å². The molecule has 0 bridgehead atoms. The van der Waals surface area contributed by atoms with Gasteiger partial charge in [0.25, 0.3) is 0 Å². The second-order valence-electron chi connectivity index (χ2n) is 7.92. The van der Waals surface area contributed by atoms with Crippen LogP contribution in [0.3, 0.4) is 0 Å². The van der Waals surface area contributed by atoms with Gasteiger partial charge in [0.2, 0.25) is 21.8 Å². The molecule has 32 heavy (non-hydrogen) atoms. The number of amides is 2. The Morgan fingerprint density at radius 2 is 1.66 bits per heavy atom. The number of halogens is 1. The Morgan fingerprint density at radius 1 is 1.00 bits per heavy atom. The number of likely N-dealkylation sites (tertiary alicyclic amines) is 1. The first-order valence-electron chi connectivity index (χ1n) is 10.6. The van der Waals surface area contributed by atoms with Gasteiger partial charge in [0.1, 0.15) is 10.8 Å². The number of benzene rings is 1. The Hall–Kier alpha value is -2.21. The topological polar surface area (TPSA) is 90.9 Å². The first-order chi connectivity index (χ1) is 15.3. The molecule has 1 aromatic heterocycles. The van der Waals surface area contributed by atoms with Crippen molar-refractivity contribution in [1.29, 1.82) is 0 Å². The molecule has 2 aliphatic heterocycles. The van der Waals surface area contributed by atoms with Crippen LogP contribution in [-0.2, 0) is 26.2 Å². The molecule has 1 aromatic carbocycles. The molecule has 4 rings (SSSR count). The molecular weight excluding hydrogens is 455 g/mol. The summed E-state index contributed by atoms with van der Waals surface area (Å²) in [6, 6.07) is 6.21. The number of nitrogens with zero attached hydrogens (tertiary/aromatic N) is 4. The average molecular weight is 481 g/mol. The molecule has 0 atom stereocenters. The second-order valence-corrected chi connectivity index (χ2v) is 10.9. The molecule has 2 aromatic rings. The van der Waals surface area contributed by atoms with Gasteiger partial charge in [-0.25, -0.2) is 17.8 Å². The molecule has 3 heterocycles. The van der Waals surface area contributed by atoms with Crippen LogP contribution in [-0.4, -0.2) is 77.8 Å². The molecule has 0 saturated carbocycles. The quantitative estimate of drug-likeness (QED) is 0.563. The highest BCUT2D eigenvalue weighted by Crippen LogP contribution is 2.23. The number of sulfonamides is 1. The van der Waals surface area contributed by atoms with Crippen molar-refractivity contribution in [1.82, 2.24) is 19.1 Å². The highest BCUT2D eigenvalue weighted by molar-refractivity contribution is 7.89. The summed E-state index contributed by atoms with van der Waals surface area (Å²) in [6.07, 6.45) is 1.13. The standard InChI is InChI=1S/C21H25FN4O4S2/c22-17-6-4-16(5-7-17)18-15-31-19(23-18)14-24-8-10-25(11-9-24)32(29,30)13-12-26-20(27)2-1-3-21(26)28/h4-7,15H,1-3,8-14H2. The van der Waals surface area contributed by atoms with E-state index in [1.54, 1.807) is 12.1 Å². The van der Waals surface area contributed by atoms with Crippen molar-refractivity contribution in [2.75, 3.05) is 38.5 Å². The number of carbonyl (C=O) groups is 2. The van der Waals surface area contributed by atoms with E-state index in [0.29, 0.717) is 52.0 Å². The van der Waals surface area contributed by atoms with Gasteiger partial charge < -0.3 is 0 Å². The zero-order valence-electron chi connectivity index (χ0n) is 17.6. The number of piperidine rings is 1. The Balaban J connectivity index is 1.28. The van der Waals surface area contributed by atoms with Crippen LogP contribution in [0.4, 0.5) is 4.39 Å². The summed E-state index contributed by atoms with van der Waals surface area (Å²) in [4.78, 5) is 31.6. The van der Waals surface area contributed by atoms with E-state index in [4.69, 9.17) is 0 Å². The van der Waals surface area contributed by atoms with Crippen molar-refractivity contribution in [3.8, 4) is 11.3 Å². The maximum Gasteiger partial charge on any atom is 0.229 e. The molecule has 2 aliphatic rings. The van der Waals surface area contributed by atoms with Gasteiger partial charge in [-0.15, -0.1) is 11.3 Å². The molecule has 11 heteroatoms. The van der Waals surface area contributed by atoms with Gasteiger partial charge in [-0.2, -0.15) is 4.31 Å². The number of piperazine rings is 1. The van der Waals surface area contributed by atoms with Crippen molar-refractivity contribution in [2.24, 2.45) is 0 Å². The predicted molar refractivity (Wildman–Crippen MR) is 119 cm³/mol. The van der Waals surface area contributed by atoms with Gasteiger partial charge >= 0.3 is 0 Å². The van der Waals surface area contributed by atoms with Crippen molar-refractivity contribution >= 4 is 33.2 Å². The fraction of sp³-hybridized carbons (Fsp3) is 0.476. The minimum absolute atomic E-state index is 0.0779. The van der Waals surface area contributed by atoms with E-state index < -0.39 is 10.0 Å². The van der Waals surface area contributed by atoms with Crippen molar-refractivity contribution in [3.63, 3.8) is 0 Å². The van der Waals surface area contributed by atoms with Crippen LogP contribution in [0.2, 0.25) is 0 Å². The van der Waals surface area contributed by atoms with Crippen molar-refractivity contribution < 1.29 is 22.4 Å². The number of thiazole rings is 1. The van der Waals surface area contributed by atoms with E-state index >= 15 is 0 Å². The van der Waals surface area contributed by atoms with Crippen LogP contribution in [0, 0.1) is 5.82 Å². The smallest absolute Gasteiger partial charge is 0.229 e. The molecular formula is C21H25FN4O4S2. The van der Waals surface area contributed by atoms with Crippen molar-refractivity contribution in [2.45, 2.75) is 25.8 Å². The van der Waals surface area contributed by atoms with E-state index in [0.717, 1.165) is 21.2 Å². The molecule has 2 fully saturated rings. The zero-order valence-corrected chi connectivity index (χ0v) is 19.2. The Bertz CT molecular complexity index is 1060. The highest BCUT2D eigenvalue weighted by Gasteiger charge is 2.31. The van der Waals surface area contributed by atoms with Gasteiger partial charge in [-0.3, -0.25) is 19.4 Å². The van der Waals surface area contributed by atoms with Crippen molar-refractivity contribution in [3.05, 3.63) is 40.5 Å². The van der Waals surface area contributed by atoms with Crippen LogP contribution in [0.25, 0.3) is 11.3 Å². The first kappa shape index (κ1) is 23.0. The number of carbonyl (C=O) groups excluding carboxylic acids is 2. The average Bonchev–Trinajstić information content (AvgIpc) is 3.23.